The summed E-state index contributed by atoms with van der Waals surface area (Å²) in [6.07, 6.45) is 3.14. The second-order valence-electron chi connectivity index (χ2n) is 5.81. The zero-order chi connectivity index (χ0) is 19.2. The van der Waals surface area contributed by atoms with Gasteiger partial charge < -0.3 is 9.47 Å². The number of carbonyl (C=O) groups excluding carboxylic acids is 2. The van der Waals surface area contributed by atoms with Crippen LogP contribution >= 0.6 is 11.3 Å². The Kier molecular flexibility index (Phi) is 5.84. The van der Waals surface area contributed by atoms with Crippen molar-refractivity contribution in [2.24, 2.45) is 0 Å². The molecule has 0 fully saturated rings. The molecule has 0 radical (unpaired) electrons. The van der Waals surface area contributed by atoms with Crippen LogP contribution in [0.25, 0.3) is 6.08 Å². The lowest BCUT2D eigenvalue weighted by Crippen LogP contribution is -2.10. The number of methoxy groups -OCH3 is 1. The summed E-state index contributed by atoms with van der Waals surface area (Å²) in [5.41, 5.74) is 2.03. The van der Waals surface area contributed by atoms with Gasteiger partial charge in [-0.2, -0.15) is 0 Å². The van der Waals surface area contributed by atoms with Crippen LogP contribution in [0.3, 0.4) is 0 Å². The van der Waals surface area contributed by atoms with E-state index < -0.39 is 5.97 Å². The van der Waals surface area contributed by atoms with Crippen molar-refractivity contribution in [3.63, 3.8) is 0 Å². The highest BCUT2D eigenvalue weighted by Crippen LogP contribution is 2.24. The molecule has 2 aromatic carbocycles. The normalized spacial score (nSPS) is 10.7. The van der Waals surface area contributed by atoms with Crippen molar-refractivity contribution in [1.29, 1.82) is 0 Å². The lowest BCUT2D eigenvalue weighted by atomic mass is 10.0. The number of allylic oxidation sites excluding steroid dienone is 1. The van der Waals surface area contributed by atoms with Gasteiger partial charge in [0.1, 0.15) is 16.4 Å². The third-order valence-corrected chi connectivity index (χ3v) is 4.73. The van der Waals surface area contributed by atoms with Gasteiger partial charge >= 0.3 is 5.97 Å². The topological polar surface area (TPSA) is 52.6 Å². The minimum absolute atomic E-state index is 0.244. The Balaban J connectivity index is 1.86. The van der Waals surface area contributed by atoms with Crippen LogP contribution in [0, 0.1) is 6.92 Å². The summed E-state index contributed by atoms with van der Waals surface area (Å²) in [6.45, 7) is 1.88. The van der Waals surface area contributed by atoms with Gasteiger partial charge in [0, 0.05) is 5.56 Å². The third-order valence-electron chi connectivity index (χ3n) is 3.88. The van der Waals surface area contributed by atoms with E-state index in [1.807, 2.05) is 31.2 Å². The van der Waals surface area contributed by atoms with Crippen LogP contribution in [0.4, 0.5) is 0 Å². The Morgan fingerprint density at radius 3 is 2.56 bits per heavy atom. The largest absolute Gasteiger partial charge is 0.496 e. The lowest BCUT2D eigenvalue weighted by Gasteiger charge is -2.09. The fourth-order valence-corrected chi connectivity index (χ4v) is 3.13. The number of carbonyl (C=O) groups is 2. The zero-order valence-corrected chi connectivity index (χ0v) is 15.8. The Morgan fingerprint density at radius 1 is 1.00 bits per heavy atom. The molecule has 27 heavy (non-hydrogen) atoms. The minimum atomic E-state index is -0.475. The SMILES string of the molecule is COc1ccccc1C=CC(=O)c1cc(C)ccc1OC(=O)c1cccs1. The van der Waals surface area contributed by atoms with Gasteiger partial charge in [-0.05, 0) is 48.7 Å². The molecule has 0 bridgehead atoms. The van der Waals surface area contributed by atoms with E-state index in [0.29, 0.717) is 16.2 Å². The number of thiophene rings is 1. The molecule has 0 aliphatic rings. The smallest absolute Gasteiger partial charge is 0.353 e. The van der Waals surface area contributed by atoms with E-state index in [1.165, 1.54) is 17.4 Å². The monoisotopic (exact) mass is 378 g/mol. The molecule has 0 aliphatic heterocycles. The summed E-state index contributed by atoms with van der Waals surface area (Å²) in [7, 11) is 1.58. The first-order chi connectivity index (χ1) is 13.1. The van der Waals surface area contributed by atoms with Crippen LogP contribution in [-0.2, 0) is 0 Å². The Bertz CT molecular complexity index is 987. The average Bonchev–Trinajstić information content (AvgIpc) is 3.22. The van der Waals surface area contributed by atoms with E-state index in [9.17, 15) is 9.59 Å². The number of benzene rings is 2. The molecular formula is C22H18O4S. The maximum Gasteiger partial charge on any atom is 0.353 e. The van der Waals surface area contributed by atoms with Gasteiger partial charge in [0.05, 0.1) is 12.7 Å². The van der Waals surface area contributed by atoms with E-state index in [2.05, 4.69) is 0 Å². The Labute approximate surface area is 161 Å². The minimum Gasteiger partial charge on any atom is -0.496 e. The molecule has 136 valence electrons. The molecule has 0 aliphatic carbocycles. The van der Waals surface area contributed by atoms with Crippen LogP contribution in [0.15, 0.2) is 66.1 Å². The van der Waals surface area contributed by atoms with Gasteiger partial charge in [-0.15, -0.1) is 11.3 Å². The summed E-state index contributed by atoms with van der Waals surface area (Å²) in [6, 6.07) is 16.0. The number of ketones is 1. The molecule has 1 aromatic heterocycles. The molecular weight excluding hydrogens is 360 g/mol. The van der Waals surface area contributed by atoms with Crippen LogP contribution in [0.2, 0.25) is 0 Å². The zero-order valence-electron chi connectivity index (χ0n) is 15.0. The molecule has 3 rings (SSSR count). The first-order valence-corrected chi connectivity index (χ1v) is 9.18. The molecule has 4 nitrogen and oxygen atoms in total. The first kappa shape index (κ1) is 18.6. The first-order valence-electron chi connectivity index (χ1n) is 8.30. The molecule has 5 heteroatoms. The molecule has 0 N–H and O–H groups in total. The summed E-state index contributed by atoms with van der Waals surface area (Å²) in [5, 5.41) is 1.80. The fraction of sp³-hybridized carbons (Fsp3) is 0.0909. The highest BCUT2D eigenvalue weighted by molar-refractivity contribution is 7.12. The summed E-state index contributed by atoms with van der Waals surface area (Å²) in [4.78, 5) is 25.5. The van der Waals surface area contributed by atoms with Crippen LogP contribution in [0.1, 0.15) is 31.2 Å². The van der Waals surface area contributed by atoms with E-state index in [4.69, 9.17) is 9.47 Å². The van der Waals surface area contributed by atoms with Crippen LogP contribution < -0.4 is 9.47 Å². The van der Waals surface area contributed by atoms with Crippen molar-refractivity contribution in [2.75, 3.05) is 7.11 Å². The molecule has 3 aromatic rings. The molecule has 0 atom stereocenters. The number of aryl methyl sites for hydroxylation is 1. The standard InChI is InChI=1S/C22H18O4S/c1-15-9-12-20(26-22(24)21-8-5-13-27-21)17(14-15)18(23)11-10-16-6-3-4-7-19(16)25-2/h3-14H,1-2H3. The molecule has 0 saturated carbocycles. The van der Waals surface area contributed by atoms with Crippen molar-refractivity contribution >= 4 is 29.2 Å². The van der Waals surface area contributed by atoms with Gasteiger partial charge in [-0.25, -0.2) is 4.79 Å². The number of hydrogen-bond acceptors (Lipinski definition) is 5. The van der Waals surface area contributed by atoms with Crippen molar-refractivity contribution < 1.29 is 19.1 Å². The summed E-state index contributed by atoms with van der Waals surface area (Å²) < 4.78 is 10.7. The van der Waals surface area contributed by atoms with E-state index in [0.717, 1.165) is 11.1 Å². The molecule has 0 spiro atoms. The fourth-order valence-electron chi connectivity index (χ4n) is 2.53. The highest BCUT2D eigenvalue weighted by Gasteiger charge is 2.16. The number of esters is 1. The van der Waals surface area contributed by atoms with Crippen LogP contribution in [0.5, 0.6) is 11.5 Å². The third kappa shape index (κ3) is 4.51. The van der Waals surface area contributed by atoms with Crippen molar-refractivity contribution in [3.05, 3.63) is 87.6 Å². The van der Waals surface area contributed by atoms with Gasteiger partial charge in [0.15, 0.2) is 5.78 Å². The lowest BCUT2D eigenvalue weighted by molar-refractivity contribution is 0.0738. The average molecular weight is 378 g/mol. The second-order valence-corrected chi connectivity index (χ2v) is 6.75. The maximum absolute atomic E-state index is 12.7. The Hall–Kier alpha value is -3.18. The number of ether oxygens (including phenoxy) is 2. The second kappa shape index (κ2) is 8.47. The van der Waals surface area contributed by atoms with Crippen molar-refractivity contribution in [2.45, 2.75) is 6.92 Å². The van der Waals surface area contributed by atoms with Gasteiger partial charge in [-0.3, -0.25) is 4.79 Å². The predicted molar refractivity (Wildman–Crippen MR) is 107 cm³/mol. The molecule has 0 amide bonds. The summed E-state index contributed by atoms with van der Waals surface area (Å²) >= 11 is 1.29. The molecule has 0 unspecified atom stereocenters. The van der Waals surface area contributed by atoms with E-state index in [1.54, 1.807) is 48.9 Å². The molecule has 0 saturated heterocycles. The Morgan fingerprint density at radius 2 is 1.81 bits per heavy atom. The van der Waals surface area contributed by atoms with Gasteiger partial charge in [-0.1, -0.05) is 35.9 Å². The number of rotatable bonds is 6. The van der Waals surface area contributed by atoms with Crippen LogP contribution in [-0.4, -0.2) is 18.9 Å². The van der Waals surface area contributed by atoms with Crippen molar-refractivity contribution in [1.82, 2.24) is 0 Å². The van der Waals surface area contributed by atoms with E-state index >= 15 is 0 Å². The summed E-state index contributed by atoms with van der Waals surface area (Å²) in [5.74, 6) is 0.194. The quantitative estimate of drug-likeness (QED) is 0.257. The predicted octanol–water partition coefficient (Wildman–Crippen LogP) is 5.18. The van der Waals surface area contributed by atoms with E-state index in [-0.39, 0.29) is 11.5 Å². The molecule has 1 heterocycles. The number of para-hydroxylation sites is 1. The number of hydrogen-bond donors (Lipinski definition) is 0. The van der Waals surface area contributed by atoms with Gasteiger partial charge in [0.25, 0.3) is 0 Å². The van der Waals surface area contributed by atoms with Gasteiger partial charge in [0.2, 0.25) is 0 Å². The van der Waals surface area contributed by atoms with Crippen molar-refractivity contribution in [3.8, 4) is 11.5 Å². The highest BCUT2D eigenvalue weighted by atomic mass is 32.1. The maximum atomic E-state index is 12.7.